The highest BCUT2D eigenvalue weighted by atomic mass is 19.1. The lowest BCUT2D eigenvalue weighted by Gasteiger charge is -2.13. The maximum Gasteiger partial charge on any atom is 0.275 e. The van der Waals surface area contributed by atoms with E-state index in [1.165, 1.54) is 27.8 Å². The fourth-order valence-electron chi connectivity index (χ4n) is 3.68. The number of hydrogen-bond donors (Lipinski definition) is 1. The number of amides is 1. The molecule has 6 heteroatoms. The molecule has 148 valence electrons. The van der Waals surface area contributed by atoms with Crippen LogP contribution in [0.2, 0.25) is 0 Å². The highest BCUT2D eigenvalue weighted by molar-refractivity contribution is 5.80. The number of carbonyl (C=O) groups is 1. The molecule has 1 N–H and O–H groups in total. The van der Waals surface area contributed by atoms with Crippen molar-refractivity contribution in [3.8, 4) is 0 Å². The summed E-state index contributed by atoms with van der Waals surface area (Å²) in [7, 11) is 0. The molecular weight excluding hydrogens is 369 g/mol. The van der Waals surface area contributed by atoms with Crippen LogP contribution in [0.1, 0.15) is 17.5 Å². The van der Waals surface area contributed by atoms with Crippen molar-refractivity contribution >= 4 is 22.5 Å². The first-order valence-electron chi connectivity index (χ1n) is 9.65. The van der Waals surface area contributed by atoms with Gasteiger partial charge in [0.1, 0.15) is 11.3 Å². The third-order valence-corrected chi connectivity index (χ3v) is 5.24. The summed E-state index contributed by atoms with van der Waals surface area (Å²) >= 11 is 0. The highest BCUT2D eigenvalue weighted by Gasteiger charge is 2.12. The van der Waals surface area contributed by atoms with Gasteiger partial charge < -0.3 is 14.3 Å². The minimum Gasteiger partial charge on any atom is -0.356 e. The number of nitrogens with one attached hydrogen (secondary N) is 1. The molecule has 2 aromatic carbocycles. The van der Waals surface area contributed by atoms with Crippen molar-refractivity contribution < 1.29 is 9.18 Å². The van der Waals surface area contributed by atoms with E-state index < -0.39 is 5.82 Å². The third kappa shape index (κ3) is 3.78. The molecule has 29 heavy (non-hydrogen) atoms. The number of aryl methyl sites for hydroxylation is 2. The first-order chi connectivity index (χ1) is 14.0. The molecule has 0 saturated carbocycles. The zero-order valence-electron chi connectivity index (χ0n) is 16.2. The summed E-state index contributed by atoms with van der Waals surface area (Å²) in [5.74, 6) is -0.551. The standard InChI is InChI=1S/C23H22FN3O2/c1-16-5-2-3-6-17(16)10-12-25-22(28)11-14-27-21-15-18(24)8-9-19(21)26-13-4-7-20(26)23(27)29/h2-9,13,15H,10-12,14H2,1H3,(H,25,28). The monoisotopic (exact) mass is 391 g/mol. The Hall–Kier alpha value is -3.41. The number of aromatic nitrogens is 2. The van der Waals surface area contributed by atoms with Crippen LogP contribution >= 0.6 is 0 Å². The van der Waals surface area contributed by atoms with Crippen LogP contribution in [0.4, 0.5) is 4.39 Å². The van der Waals surface area contributed by atoms with Gasteiger partial charge in [-0.2, -0.15) is 0 Å². The van der Waals surface area contributed by atoms with Gasteiger partial charge in [-0.15, -0.1) is 0 Å². The number of nitrogens with zero attached hydrogens (tertiary/aromatic N) is 2. The average molecular weight is 391 g/mol. The summed E-state index contributed by atoms with van der Waals surface area (Å²) in [6.45, 7) is 2.77. The predicted octanol–water partition coefficient (Wildman–Crippen LogP) is 3.45. The minimum atomic E-state index is -0.417. The van der Waals surface area contributed by atoms with Crippen LogP contribution in [0.25, 0.3) is 16.6 Å². The summed E-state index contributed by atoms with van der Waals surface area (Å²) in [5, 5.41) is 2.91. The molecule has 0 aliphatic heterocycles. The fourth-order valence-corrected chi connectivity index (χ4v) is 3.68. The normalized spacial score (nSPS) is 11.2. The molecule has 2 heterocycles. The number of fused-ring (bicyclic) bond motifs is 3. The van der Waals surface area contributed by atoms with Crippen molar-refractivity contribution in [2.24, 2.45) is 0 Å². The number of carbonyl (C=O) groups excluding carboxylic acids is 1. The second-order valence-electron chi connectivity index (χ2n) is 7.13. The number of benzene rings is 2. The molecular formula is C23H22FN3O2. The van der Waals surface area contributed by atoms with E-state index in [0.29, 0.717) is 17.6 Å². The molecule has 0 radical (unpaired) electrons. The lowest BCUT2D eigenvalue weighted by Crippen LogP contribution is -2.29. The largest absolute Gasteiger partial charge is 0.356 e. The molecule has 4 aromatic rings. The van der Waals surface area contributed by atoms with Crippen molar-refractivity contribution in [2.75, 3.05) is 6.54 Å². The van der Waals surface area contributed by atoms with Crippen LogP contribution in [0.5, 0.6) is 0 Å². The van der Waals surface area contributed by atoms with E-state index >= 15 is 0 Å². The lowest BCUT2D eigenvalue weighted by atomic mass is 10.1. The molecule has 0 bridgehead atoms. The van der Waals surface area contributed by atoms with Gasteiger partial charge in [-0.1, -0.05) is 24.3 Å². The van der Waals surface area contributed by atoms with Crippen molar-refractivity contribution in [1.82, 2.24) is 14.3 Å². The van der Waals surface area contributed by atoms with Crippen LogP contribution in [-0.2, 0) is 17.8 Å². The Morgan fingerprint density at radius 1 is 1.03 bits per heavy atom. The topological polar surface area (TPSA) is 55.5 Å². The number of rotatable bonds is 6. The Morgan fingerprint density at radius 3 is 2.69 bits per heavy atom. The first-order valence-corrected chi connectivity index (χ1v) is 9.65. The van der Waals surface area contributed by atoms with E-state index in [0.717, 1.165) is 11.9 Å². The summed E-state index contributed by atoms with van der Waals surface area (Å²) in [6, 6.07) is 15.9. The Morgan fingerprint density at radius 2 is 1.86 bits per heavy atom. The van der Waals surface area contributed by atoms with E-state index in [9.17, 15) is 14.0 Å². The molecule has 0 spiro atoms. The van der Waals surface area contributed by atoms with Crippen molar-refractivity contribution in [3.05, 3.63) is 88.1 Å². The van der Waals surface area contributed by atoms with Gasteiger partial charge in [0.25, 0.3) is 5.56 Å². The zero-order valence-corrected chi connectivity index (χ0v) is 16.2. The Labute approximate surface area is 167 Å². The molecule has 5 nitrogen and oxygen atoms in total. The smallest absolute Gasteiger partial charge is 0.275 e. The van der Waals surface area contributed by atoms with Gasteiger partial charge in [0.2, 0.25) is 5.91 Å². The van der Waals surface area contributed by atoms with E-state index in [2.05, 4.69) is 11.4 Å². The van der Waals surface area contributed by atoms with Crippen LogP contribution in [0.3, 0.4) is 0 Å². The maximum absolute atomic E-state index is 13.8. The molecule has 0 unspecified atom stereocenters. The molecule has 0 atom stereocenters. The fraction of sp³-hybridized carbons (Fsp3) is 0.217. The highest BCUT2D eigenvalue weighted by Crippen LogP contribution is 2.17. The molecule has 2 aromatic heterocycles. The lowest BCUT2D eigenvalue weighted by molar-refractivity contribution is -0.121. The SMILES string of the molecule is Cc1ccccc1CCNC(=O)CCn1c(=O)c2cccn2c2ccc(F)cc21. The summed E-state index contributed by atoms with van der Waals surface area (Å²) in [4.78, 5) is 25.2. The second kappa shape index (κ2) is 7.91. The molecule has 0 aliphatic rings. The molecule has 0 fully saturated rings. The van der Waals surface area contributed by atoms with Crippen LogP contribution in [0, 0.1) is 12.7 Å². The summed E-state index contributed by atoms with van der Waals surface area (Å²) < 4.78 is 17.1. The van der Waals surface area contributed by atoms with Gasteiger partial charge >= 0.3 is 0 Å². The minimum absolute atomic E-state index is 0.134. The molecule has 0 saturated heterocycles. The van der Waals surface area contributed by atoms with Gasteiger partial charge in [0, 0.05) is 25.7 Å². The first kappa shape index (κ1) is 18.9. The van der Waals surface area contributed by atoms with Crippen molar-refractivity contribution in [1.29, 1.82) is 0 Å². The van der Waals surface area contributed by atoms with E-state index in [1.54, 1.807) is 28.8 Å². The molecule has 0 aliphatic carbocycles. The van der Waals surface area contributed by atoms with Gasteiger partial charge in [-0.25, -0.2) is 4.39 Å². The average Bonchev–Trinajstić information content (AvgIpc) is 3.19. The van der Waals surface area contributed by atoms with Crippen LogP contribution in [-0.4, -0.2) is 21.4 Å². The van der Waals surface area contributed by atoms with Crippen LogP contribution in [0.15, 0.2) is 65.6 Å². The Balaban J connectivity index is 1.49. The Kier molecular flexibility index (Phi) is 5.16. The summed E-state index contributed by atoms with van der Waals surface area (Å²) in [6.07, 6.45) is 2.68. The third-order valence-electron chi connectivity index (χ3n) is 5.24. The van der Waals surface area contributed by atoms with Gasteiger partial charge in [-0.3, -0.25) is 9.59 Å². The Bertz CT molecular complexity index is 1260. The second-order valence-corrected chi connectivity index (χ2v) is 7.13. The van der Waals surface area contributed by atoms with Gasteiger partial charge in [-0.05, 0) is 54.8 Å². The molecule has 1 amide bonds. The van der Waals surface area contributed by atoms with E-state index in [1.807, 2.05) is 25.1 Å². The number of hydrogen-bond acceptors (Lipinski definition) is 2. The van der Waals surface area contributed by atoms with Crippen molar-refractivity contribution in [2.45, 2.75) is 26.3 Å². The van der Waals surface area contributed by atoms with Crippen molar-refractivity contribution in [3.63, 3.8) is 0 Å². The van der Waals surface area contributed by atoms with E-state index in [-0.39, 0.29) is 24.4 Å². The zero-order chi connectivity index (χ0) is 20.4. The van der Waals surface area contributed by atoms with Gasteiger partial charge in [0.15, 0.2) is 0 Å². The summed E-state index contributed by atoms with van der Waals surface area (Å²) in [5.41, 5.74) is 3.87. The predicted molar refractivity (Wildman–Crippen MR) is 112 cm³/mol. The quantitative estimate of drug-likeness (QED) is 0.547. The maximum atomic E-state index is 13.8. The van der Waals surface area contributed by atoms with Crippen LogP contribution < -0.4 is 10.9 Å². The molecule has 4 rings (SSSR count). The number of halogens is 1. The van der Waals surface area contributed by atoms with E-state index in [4.69, 9.17) is 0 Å². The van der Waals surface area contributed by atoms with Gasteiger partial charge in [0.05, 0.1) is 11.0 Å².